The average Bonchev–Trinajstić information content (AvgIpc) is 2.54. The Morgan fingerprint density at radius 3 is 2.38 bits per heavy atom. The molecule has 2 aromatic rings. The van der Waals surface area contributed by atoms with Gasteiger partial charge >= 0.3 is 0 Å². The minimum Gasteiger partial charge on any atom is -0.477 e. The molecule has 0 N–H and O–H groups in total. The van der Waals surface area contributed by atoms with Crippen LogP contribution in [0.4, 0.5) is 8.78 Å². The molecular formula is C20H21F2NO. The Bertz CT molecular complexity index is 757. The Kier molecular flexibility index (Phi) is 4.39. The van der Waals surface area contributed by atoms with Crippen LogP contribution < -0.4 is 0 Å². The highest BCUT2D eigenvalue weighted by Gasteiger charge is 2.24. The summed E-state index contributed by atoms with van der Waals surface area (Å²) < 4.78 is 33.4. The van der Waals surface area contributed by atoms with Crippen molar-refractivity contribution in [3.8, 4) is 0 Å². The van der Waals surface area contributed by atoms with Gasteiger partial charge in [-0.15, -0.1) is 0 Å². The van der Waals surface area contributed by atoms with E-state index >= 15 is 0 Å². The first-order valence-electron chi connectivity index (χ1n) is 8.11. The lowest BCUT2D eigenvalue weighted by molar-refractivity contribution is 0.260. The molecule has 1 unspecified atom stereocenters. The summed E-state index contributed by atoms with van der Waals surface area (Å²) in [4.78, 5) is 4.48. The lowest BCUT2D eigenvalue weighted by Crippen LogP contribution is -2.20. The van der Waals surface area contributed by atoms with Crippen molar-refractivity contribution in [2.75, 3.05) is 6.61 Å². The van der Waals surface area contributed by atoms with Crippen molar-refractivity contribution in [2.45, 2.75) is 38.6 Å². The van der Waals surface area contributed by atoms with E-state index in [-0.39, 0.29) is 22.9 Å². The van der Waals surface area contributed by atoms with E-state index in [0.717, 1.165) is 5.56 Å². The molecule has 0 saturated carbocycles. The summed E-state index contributed by atoms with van der Waals surface area (Å²) in [6.07, 6.45) is 0.688. The fourth-order valence-electron chi connectivity index (χ4n) is 2.80. The Morgan fingerprint density at radius 2 is 1.71 bits per heavy atom. The zero-order valence-corrected chi connectivity index (χ0v) is 14.1. The van der Waals surface area contributed by atoms with Crippen molar-refractivity contribution in [3.05, 3.63) is 70.8 Å². The standard InChI is InChI=1S/C20H21F2NO/c1-20(2,3)14-7-4-6-13(12-14)17-10-11-24-19(23-17)18-15(21)8-5-9-16(18)22/h4-9,12,17H,10-11H2,1-3H3. The second-order valence-corrected chi connectivity index (χ2v) is 7.06. The van der Waals surface area contributed by atoms with Crippen LogP contribution in [-0.4, -0.2) is 12.5 Å². The van der Waals surface area contributed by atoms with E-state index in [1.54, 1.807) is 0 Å². The summed E-state index contributed by atoms with van der Waals surface area (Å²) in [5.74, 6) is -1.27. The number of rotatable bonds is 2. The third kappa shape index (κ3) is 3.32. The molecule has 1 atom stereocenters. The van der Waals surface area contributed by atoms with Crippen LogP contribution in [0.2, 0.25) is 0 Å². The van der Waals surface area contributed by atoms with Crippen LogP contribution in [0.25, 0.3) is 0 Å². The third-order valence-electron chi connectivity index (χ3n) is 4.22. The predicted molar refractivity (Wildman–Crippen MR) is 91.3 cm³/mol. The van der Waals surface area contributed by atoms with Crippen molar-refractivity contribution < 1.29 is 13.5 Å². The second kappa shape index (κ2) is 6.34. The lowest BCUT2D eigenvalue weighted by Gasteiger charge is -2.24. The molecule has 2 nitrogen and oxygen atoms in total. The first-order chi connectivity index (χ1) is 11.4. The van der Waals surface area contributed by atoms with Crippen LogP contribution in [-0.2, 0) is 10.2 Å². The molecule has 0 radical (unpaired) electrons. The number of aliphatic imine (C=N–C) groups is 1. The van der Waals surface area contributed by atoms with E-state index in [9.17, 15) is 8.78 Å². The van der Waals surface area contributed by atoms with E-state index in [2.05, 4.69) is 37.9 Å². The van der Waals surface area contributed by atoms with Gasteiger partial charge in [-0.05, 0) is 28.7 Å². The van der Waals surface area contributed by atoms with Crippen LogP contribution in [0.1, 0.15) is 49.9 Å². The summed E-state index contributed by atoms with van der Waals surface area (Å²) in [6, 6.07) is 11.8. The van der Waals surface area contributed by atoms with Gasteiger partial charge in [0.25, 0.3) is 0 Å². The molecule has 0 spiro atoms. The van der Waals surface area contributed by atoms with Gasteiger partial charge in [0, 0.05) is 6.42 Å². The summed E-state index contributed by atoms with van der Waals surface area (Å²) in [7, 11) is 0. The monoisotopic (exact) mass is 329 g/mol. The normalized spacial score (nSPS) is 18.0. The van der Waals surface area contributed by atoms with E-state index in [0.29, 0.717) is 13.0 Å². The summed E-state index contributed by atoms with van der Waals surface area (Å²) in [5.41, 5.74) is 2.10. The Morgan fingerprint density at radius 1 is 1.04 bits per heavy atom. The molecule has 0 aromatic heterocycles. The molecule has 0 saturated heterocycles. The fraction of sp³-hybridized carbons (Fsp3) is 0.350. The first-order valence-corrected chi connectivity index (χ1v) is 8.11. The molecule has 126 valence electrons. The van der Waals surface area contributed by atoms with E-state index < -0.39 is 11.6 Å². The van der Waals surface area contributed by atoms with Crippen LogP contribution in [0.15, 0.2) is 47.5 Å². The number of hydrogen-bond acceptors (Lipinski definition) is 2. The second-order valence-electron chi connectivity index (χ2n) is 7.06. The highest BCUT2D eigenvalue weighted by molar-refractivity contribution is 5.95. The fourth-order valence-corrected chi connectivity index (χ4v) is 2.80. The van der Waals surface area contributed by atoms with Gasteiger partial charge in [-0.1, -0.05) is 51.1 Å². The van der Waals surface area contributed by atoms with Gasteiger partial charge in [0.05, 0.1) is 12.6 Å². The van der Waals surface area contributed by atoms with Crippen LogP contribution >= 0.6 is 0 Å². The van der Waals surface area contributed by atoms with Gasteiger partial charge in [0.1, 0.15) is 17.2 Å². The number of halogens is 2. The Labute approximate surface area is 141 Å². The maximum absolute atomic E-state index is 14.0. The van der Waals surface area contributed by atoms with Crippen LogP contribution in [0.3, 0.4) is 0 Å². The zero-order chi connectivity index (χ0) is 17.3. The van der Waals surface area contributed by atoms with Crippen molar-refractivity contribution >= 4 is 5.90 Å². The molecule has 0 amide bonds. The van der Waals surface area contributed by atoms with Gasteiger partial charge in [-0.25, -0.2) is 13.8 Å². The molecule has 1 aliphatic rings. The maximum atomic E-state index is 14.0. The van der Waals surface area contributed by atoms with Gasteiger partial charge in [0.2, 0.25) is 5.90 Å². The Hall–Kier alpha value is -2.23. The number of benzene rings is 2. The van der Waals surface area contributed by atoms with Crippen molar-refractivity contribution in [2.24, 2.45) is 4.99 Å². The van der Waals surface area contributed by atoms with Gasteiger partial charge in [0.15, 0.2) is 0 Å². The van der Waals surface area contributed by atoms with E-state index in [4.69, 9.17) is 4.74 Å². The van der Waals surface area contributed by atoms with Gasteiger partial charge in [-0.3, -0.25) is 0 Å². The smallest absolute Gasteiger partial charge is 0.222 e. The molecule has 1 aliphatic heterocycles. The number of nitrogens with zero attached hydrogens (tertiary/aromatic N) is 1. The van der Waals surface area contributed by atoms with E-state index in [1.165, 1.54) is 23.8 Å². The summed E-state index contributed by atoms with van der Waals surface area (Å²) in [6.45, 7) is 6.84. The largest absolute Gasteiger partial charge is 0.477 e. The minimum absolute atomic E-state index is 0.0331. The topological polar surface area (TPSA) is 21.6 Å². The highest BCUT2D eigenvalue weighted by atomic mass is 19.1. The van der Waals surface area contributed by atoms with E-state index in [1.807, 2.05) is 12.1 Å². The Balaban J connectivity index is 1.99. The first kappa shape index (κ1) is 16.6. The van der Waals surface area contributed by atoms with Crippen LogP contribution in [0.5, 0.6) is 0 Å². The van der Waals surface area contributed by atoms with Crippen molar-refractivity contribution in [1.82, 2.24) is 0 Å². The molecule has 2 aromatic carbocycles. The molecule has 3 rings (SSSR count). The molecular weight excluding hydrogens is 308 g/mol. The summed E-state index contributed by atoms with van der Waals surface area (Å²) in [5, 5.41) is 0. The average molecular weight is 329 g/mol. The third-order valence-corrected chi connectivity index (χ3v) is 4.22. The highest BCUT2D eigenvalue weighted by Crippen LogP contribution is 2.31. The van der Waals surface area contributed by atoms with Crippen LogP contribution in [0, 0.1) is 11.6 Å². The van der Waals surface area contributed by atoms with Crippen molar-refractivity contribution in [1.29, 1.82) is 0 Å². The number of hydrogen-bond donors (Lipinski definition) is 0. The zero-order valence-electron chi connectivity index (χ0n) is 14.1. The summed E-state index contributed by atoms with van der Waals surface area (Å²) >= 11 is 0. The molecule has 0 bridgehead atoms. The predicted octanol–water partition coefficient (Wildman–Crippen LogP) is 5.17. The SMILES string of the molecule is CC(C)(C)c1cccc(C2CCOC(c3c(F)cccc3F)=N2)c1. The van der Waals surface area contributed by atoms with Crippen molar-refractivity contribution in [3.63, 3.8) is 0 Å². The molecule has 1 heterocycles. The molecule has 0 aliphatic carbocycles. The molecule has 4 heteroatoms. The number of ether oxygens (including phenoxy) is 1. The maximum Gasteiger partial charge on any atom is 0.222 e. The lowest BCUT2D eigenvalue weighted by atomic mass is 9.85. The minimum atomic E-state index is -0.655. The van der Waals surface area contributed by atoms with Gasteiger partial charge < -0.3 is 4.74 Å². The van der Waals surface area contributed by atoms with Gasteiger partial charge in [-0.2, -0.15) is 0 Å². The quantitative estimate of drug-likeness (QED) is 0.745. The molecule has 24 heavy (non-hydrogen) atoms. The molecule has 0 fully saturated rings.